The number of rotatable bonds is 9. The van der Waals surface area contributed by atoms with Crippen molar-refractivity contribution in [1.29, 1.82) is 10.8 Å². The van der Waals surface area contributed by atoms with Crippen molar-refractivity contribution in [2.75, 3.05) is 5.32 Å². The standard InChI is InChI=1S/C14H20N6O2S2/c15-10(23-13(16)18-11(22)7-9-5-6-9)3-1-2-4-12-19-20-14(24-12)17-8-21/h8-9,15H,1-7H2,(H2,16,18,22)(H,17,20,21). The zero-order valence-corrected chi connectivity index (χ0v) is 14.8. The Morgan fingerprint density at radius 2 is 2.12 bits per heavy atom. The molecule has 0 saturated heterocycles. The number of hydrogen-bond acceptors (Lipinski definition) is 8. The summed E-state index contributed by atoms with van der Waals surface area (Å²) in [6, 6.07) is 0. The van der Waals surface area contributed by atoms with Crippen LogP contribution in [0.4, 0.5) is 5.13 Å². The number of hydrogen-bond donors (Lipinski definition) is 4. The summed E-state index contributed by atoms with van der Waals surface area (Å²) in [6.07, 6.45) is 6.21. The predicted octanol–water partition coefficient (Wildman–Crippen LogP) is 2.38. The van der Waals surface area contributed by atoms with Crippen LogP contribution in [0.15, 0.2) is 0 Å². The Morgan fingerprint density at radius 1 is 1.33 bits per heavy atom. The first-order valence-corrected chi connectivity index (χ1v) is 9.36. The highest BCUT2D eigenvalue weighted by Gasteiger charge is 2.24. The molecule has 1 fully saturated rings. The molecule has 1 aromatic rings. The summed E-state index contributed by atoms with van der Waals surface area (Å²) in [5.41, 5.74) is 0. The zero-order chi connectivity index (χ0) is 17.4. The van der Waals surface area contributed by atoms with Gasteiger partial charge < -0.3 is 10.6 Å². The first-order chi connectivity index (χ1) is 11.6. The lowest BCUT2D eigenvalue weighted by Crippen LogP contribution is -2.28. The number of nitrogens with zero attached hydrogens (tertiary/aromatic N) is 2. The summed E-state index contributed by atoms with van der Waals surface area (Å²) in [6.45, 7) is 0. The van der Waals surface area contributed by atoms with Crippen molar-refractivity contribution < 1.29 is 9.59 Å². The maximum absolute atomic E-state index is 11.6. The number of carbonyl (C=O) groups is 2. The highest BCUT2D eigenvalue weighted by atomic mass is 32.2. The lowest BCUT2D eigenvalue weighted by Gasteiger charge is -2.06. The van der Waals surface area contributed by atoms with E-state index >= 15 is 0 Å². The summed E-state index contributed by atoms with van der Waals surface area (Å²) in [5, 5.41) is 30.1. The second-order valence-corrected chi connectivity index (χ2v) is 7.69. The molecule has 0 radical (unpaired) electrons. The summed E-state index contributed by atoms with van der Waals surface area (Å²) in [4.78, 5) is 21.9. The first-order valence-electron chi connectivity index (χ1n) is 7.73. The normalized spacial score (nSPS) is 13.3. The average molecular weight is 368 g/mol. The van der Waals surface area contributed by atoms with Gasteiger partial charge in [-0.05, 0) is 49.8 Å². The molecule has 0 atom stereocenters. The van der Waals surface area contributed by atoms with E-state index in [0.29, 0.717) is 35.3 Å². The van der Waals surface area contributed by atoms with Crippen molar-refractivity contribution >= 4 is 50.8 Å². The highest BCUT2D eigenvalue weighted by molar-refractivity contribution is 8.26. The second-order valence-electron chi connectivity index (χ2n) is 5.52. The minimum absolute atomic E-state index is 0.0272. The molecule has 1 aliphatic rings. The van der Waals surface area contributed by atoms with Crippen molar-refractivity contribution in [3.63, 3.8) is 0 Å². The van der Waals surface area contributed by atoms with Crippen LogP contribution in [0, 0.1) is 16.7 Å². The fraction of sp³-hybridized carbons (Fsp3) is 0.571. The van der Waals surface area contributed by atoms with Crippen molar-refractivity contribution in [2.24, 2.45) is 5.92 Å². The lowest BCUT2D eigenvalue weighted by atomic mass is 10.2. The van der Waals surface area contributed by atoms with Crippen LogP contribution in [0.5, 0.6) is 0 Å². The fourth-order valence-electron chi connectivity index (χ4n) is 1.99. The molecular weight excluding hydrogens is 348 g/mol. The van der Waals surface area contributed by atoms with Crippen LogP contribution in [0.25, 0.3) is 0 Å². The van der Waals surface area contributed by atoms with Crippen LogP contribution in [0.1, 0.15) is 43.5 Å². The van der Waals surface area contributed by atoms with E-state index in [-0.39, 0.29) is 11.1 Å². The summed E-state index contributed by atoms with van der Waals surface area (Å²) in [7, 11) is 0. The number of aryl methyl sites for hydroxylation is 1. The molecule has 24 heavy (non-hydrogen) atoms. The second kappa shape index (κ2) is 9.48. The molecule has 1 aliphatic carbocycles. The van der Waals surface area contributed by atoms with Gasteiger partial charge in [0.1, 0.15) is 5.01 Å². The number of thioether (sulfide) groups is 1. The molecule has 0 aliphatic heterocycles. The highest BCUT2D eigenvalue weighted by Crippen LogP contribution is 2.32. The molecule has 10 heteroatoms. The first kappa shape index (κ1) is 18.5. The Bertz CT molecular complexity index is 614. The van der Waals surface area contributed by atoms with Crippen LogP contribution >= 0.6 is 23.1 Å². The molecule has 4 N–H and O–H groups in total. The van der Waals surface area contributed by atoms with Gasteiger partial charge in [-0.2, -0.15) is 0 Å². The number of unbranched alkanes of at least 4 members (excludes halogenated alkanes) is 1. The maximum atomic E-state index is 11.6. The number of aromatic nitrogens is 2. The number of nitrogens with one attached hydrogen (secondary N) is 4. The largest absolute Gasteiger partial charge is 0.305 e. The Labute approximate surface area is 148 Å². The number of amides is 2. The molecule has 0 unspecified atom stereocenters. The molecular formula is C14H20N6O2S2. The van der Waals surface area contributed by atoms with Gasteiger partial charge in [-0.25, -0.2) is 0 Å². The van der Waals surface area contributed by atoms with Crippen LogP contribution in [0.2, 0.25) is 0 Å². The molecule has 130 valence electrons. The molecule has 1 saturated carbocycles. The van der Waals surface area contributed by atoms with Gasteiger partial charge in [-0.1, -0.05) is 11.3 Å². The maximum Gasteiger partial charge on any atom is 0.226 e. The Morgan fingerprint density at radius 3 is 2.83 bits per heavy atom. The van der Waals surface area contributed by atoms with E-state index in [0.717, 1.165) is 48.9 Å². The van der Waals surface area contributed by atoms with Gasteiger partial charge in [-0.15, -0.1) is 10.2 Å². The quantitative estimate of drug-likeness (QED) is 0.230. The van der Waals surface area contributed by atoms with Crippen LogP contribution in [0.3, 0.4) is 0 Å². The number of carbonyl (C=O) groups excluding carboxylic acids is 2. The third kappa shape index (κ3) is 7.18. The topological polar surface area (TPSA) is 132 Å². The van der Waals surface area contributed by atoms with E-state index in [1.54, 1.807) is 0 Å². The fourth-order valence-corrected chi connectivity index (χ4v) is 3.38. The third-order valence-electron chi connectivity index (χ3n) is 3.34. The van der Waals surface area contributed by atoms with Gasteiger partial charge in [0, 0.05) is 12.8 Å². The van der Waals surface area contributed by atoms with Gasteiger partial charge in [0.05, 0.1) is 5.04 Å². The van der Waals surface area contributed by atoms with E-state index in [1.807, 2.05) is 0 Å². The summed E-state index contributed by atoms with van der Waals surface area (Å²) in [5.74, 6) is 0.364. The van der Waals surface area contributed by atoms with E-state index in [4.69, 9.17) is 10.8 Å². The van der Waals surface area contributed by atoms with Gasteiger partial charge in [0.15, 0.2) is 5.17 Å². The molecule has 0 spiro atoms. The molecule has 2 rings (SSSR count). The molecule has 0 bridgehead atoms. The van der Waals surface area contributed by atoms with Gasteiger partial charge in [-0.3, -0.25) is 20.4 Å². The monoisotopic (exact) mass is 368 g/mol. The van der Waals surface area contributed by atoms with Gasteiger partial charge >= 0.3 is 0 Å². The van der Waals surface area contributed by atoms with Crippen LogP contribution in [-0.2, 0) is 16.0 Å². The minimum Gasteiger partial charge on any atom is -0.305 e. The third-order valence-corrected chi connectivity index (χ3v) is 5.01. The SMILES string of the molecule is N=C(CCCCc1nnc(NC=O)s1)SC(=N)NC(=O)CC1CC1. The molecule has 2 amide bonds. The van der Waals surface area contributed by atoms with E-state index in [2.05, 4.69) is 20.8 Å². The van der Waals surface area contributed by atoms with Crippen LogP contribution in [-0.4, -0.2) is 32.7 Å². The lowest BCUT2D eigenvalue weighted by molar-refractivity contribution is -0.120. The molecule has 8 nitrogen and oxygen atoms in total. The average Bonchev–Trinajstić information content (AvgIpc) is 3.21. The Kier molecular flexibility index (Phi) is 7.32. The van der Waals surface area contributed by atoms with Crippen molar-refractivity contribution in [3.05, 3.63) is 5.01 Å². The van der Waals surface area contributed by atoms with E-state index in [1.165, 1.54) is 11.3 Å². The van der Waals surface area contributed by atoms with Gasteiger partial charge in [0.25, 0.3) is 0 Å². The number of anilines is 1. The Hall–Kier alpha value is -1.81. The molecule has 0 aromatic carbocycles. The Balaban J connectivity index is 1.55. The van der Waals surface area contributed by atoms with Gasteiger partial charge in [0.2, 0.25) is 17.4 Å². The van der Waals surface area contributed by atoms with E-state index in [9.17, 15) is 9.59 Å². The smallest absolute Gasteiger partial charge is 0.226 e. The van der Waals surface area contributed by atoms with Crippen molar-refractivity contribution in [2.45, 2.75) is 44.9 Å². The molecule has 1 aromatic heterocycles. The van der Waals surface area contributed by atoms with Crippen molar-refractivity contribution in [3.8, 4) is 0 Å². The summed E-state index contributed by atoms with van der Waals surface area (Å²) < 4.78 is 0. The summed E-state index contributed by atoms with van der Waals surface area (Å²) >= 11 is 2.33. The zero-order valence-electron chi connectivity index (χ0n) is 13.1. The van der Waals surface area contributed by atoms with E-state index < -0.39 is 0 Å². The van der Waals surface area contributed by atoms with Crippen molar-refractivity contribution in [1.82, 2.24) is 15.5 Å². The predicted molar refractivity (Wildman–Crippen MR) is 95.7 cm³/mol. The minimum atomic E-state index is -0.126. The molecule has 1 heterocycles. The number of amidine groups is 1. The van der Waals surface area contributed by atoms with Crippen LogP contribution < -0.4 is 10.6 Å².